The monoisotopic (exact) mass is 277 g/mol. The van der Waals surface area contributed by atoms with Gasteiger partial charge in [-0.3, -0.25) is 0 Å². The normalized spacial score (nSPS) is 19.2. The van der Waals surface area contributed by atoms with E-state index in [1.807, 2.05) is 6.92 Å². The summed E-state index contributed by atoms with van der Waals surface area (Å²) in [6, 6.07) is 0. The van der Waals surface area contributed by atoms with Gasteiger partial charge in [-0.05, 0) is 25.2 Å². The van der Waals surface area contributed by atoms with Gasteiger partial charge in [0.25, 0.3) is 0 Å². The van der Waals surface area contributed by atoms with Gasteiger partial charge in [0.05, 0.1) is 0 Å². The first-order valence-electron chi connectivity index (χ1n) is 7.54. The topological polar surface area (TPSA) is 67.1 Å². The van der Waals surface area contributed by atoms with Crippen LogP contribution in [0, 0.1) is 18.8 Å². The van der Waals surface area contributed by atoms with E-state index in [0.29, 0.717) is 5.92 Å². The molecule has 1 atom stereocenters. The first-order valence-corrected chi connectivity index (χ1v) is 7.54. The van der Waals surface area contributed by atoms with E-state index < -0.39 is 0 Å². The summed E-state index contributed by atoms with van der Waals surface area (Å²) in [5, 5.41) is 0. The van der Waals surface area contributed by atoms with Crippen LogP contribution in [0.1, 0.15) is 51.4 Å². The Morgan fingerprint density at radius 2 is 1.95 bits per heavy atom. The molecule has 0 spiro atoms. The first-order chi connectivity index (χ1) is 9.43. The maximum absolute atomic E-state index is 5.60. The number of rotatable bonds is 4. The molecule has 1 saturated heterocycles. The van der Waals surface area contributed by atoms with Gasteiger partial charge < -0.3 is 10.3 Å². The second-order valence-electron chi connectivity index (χ2n) is 6.42. The summed E-state index contributed by atoms with van der Waals surface area (Å²) in [7, 11) is 0. The Kier molecular flexibility index (Phi) is 4.48. The molecule has 3 N–H and O–H groups in total. The van der Waals surface area contributed by atoms with Crippen LogP contribution in [-0.4, -0.2) is 23.1 Å². The molecule has 1 unspecified atom stereocenters. The fourth-order valence-corrected chi connectivity index (χ4v) is 2.75. The standard InChI is InChI=1S/C15H27N5/c1-9(2)12-6-7-20(8-12)15-11(5)14(19-16)17-13(18-15)10(3)4/h9-10,12H,6-8,16H2,1-5H3,(H,17,18,19). The van der Waals surface area contributed by atoms with Gasteiger partial charge in [0.1, 0.15) is 17.5 Å². The molecule has 20 heavy (non-hydrogen) atoms. The largest absolute Gasteiger partial charge is 0.356 e. The number of nitrogen functional groups attached to an aromatic ring is 1. The highest BCUT2D eigenvalue weighted by molar-refractivity contribution is 5.58. The van der Waals surface area contributed by atoms with Gasteiger partial charge >= 0.3 is 0 Å². The molecular weight excluding hydrogens is 250 g/mol. The molecule has 5 nitrogen and oxygen atoms in total. The Hall–Kier alpha value is -1.36. The Labute approximate surface area is 121 Å². The van der Waals surface area contributed by atoms with Crippen molar-refractivity contribution in [3.63, 3.8) is 0 Å². The van der Waals surface area contributed by atoms with E-state index in [4.69, 9.17) is 10.8 Å². The van der Waals surface area contributed by atoms with E-state index in [-0.39, 0.29) is 0 Å². The molecule has 1 aliphatic rings. The average molecular weight is 277 g/mol. The molecular formula is C15H27N5. The lowest BCUT2D eigenvalue weighted by atomic mass is 9.95. The van der Waals surface area contributed by atoms with Crippen molar-refractivity contribution in [3.05, 3.63) is 11.4 Å². The summed E-state index contributed by atoms with van der Waals surface area (Å²) in [6.07, 6.45) is 1.24. The maximum Gasteiger partial charge on any atom is 0.148 e. The highest BCUT2D eigenvalue weighted by atomic mass is 15.3. The van der Waals surface area contributed by atoms with Crippen LogP contribution in [0.25, 0.3) is 0 Å². The Bertz CT molecular complexity index is 470. The third kappa shape index (κ3) is 2.87. The van der Waals surface area contributed by atoms with Gasteiger partial charge in [-0.1, -0.05) is 27.7 Å². The van der Waals surface area contributed by atoms with Gasteiger partial charge in [-0.25, -0.2) is 15.8 Å². The van der Waals surface area contributed by atoms with Crippen molar-refractivity contribution in [3.8, 4) is 0 Å². The van der Waals surface area contributed by atoms with Gasteiger partial charge in [-0.15, -0.1) is 0 Å². The molecule has 0 bridgehead atoms. The second-order valence-corrected chi connectivity index (χ2v) is 6.42. The average Bonchev–Trinajstić information content (AvgIpc) is 2.88. The van der Waals surface area contributed by atoms with Crippen molar-refractivity contribution in [2.75, 3.05) is 23.4 Å². The number of nitrogens with zero attached hydrogens (tertiary/aromatic N) is 3. The van der Waals surface area contributed by atoms with Gasteiger partial charge in [0.2, 0.25) is 0 Å². The smallest absolute Gasteiger partial charge is 0.148 e. The molecule has 0 saturated carbocycles. The SMILES string of the molecule is Cc1c(NN)nc(C(C)C)nc1N1CCC(C(C)C)C1. The summed E-state index contributed by atoms with van der Waals surface area (Å²) in [5.74, 6) is 10.0. The molecule has 0 amide bonds. The van der Waals surface area contributed by atoms with Crippen LogP contribution in [0.5, 0.6) is 0 Å². The van der Waals surface area contributed by atoms with Crippen molar-refractivity contribution < 1.29 is 0 Å². The zero-order valence-corrected chi connectivity index (χ0v) is 13.3. The predicted molar refractivity (Wildman–Crippen MR) is 83.8 cm³/mol. The van der Waals surface area contributed by atoms with E-state index in [1.165, 1.54) is 6.42 Å². The molecule has 0 aromatic carbocycles. The highest BCUT2D eigenvalue weighted by Crippen LogP contribution is 2.31. The molecule has 1 aromatic heterocycles. The predicted octanol–water partition coefficient (Wildman–Crippen LogP) is 2.68. The quantitative estimate of drug-likeness (QED) is 0.654. The van der Waals surface area contributed by atoms with Crippen LogP contribution in [0.2, 0.25) is 0 Å². The summed E-state index contributed by atoms with van der Waals surface area (Å²) in [5.41, 5.74) is 3.75. The minimum absolute atomic E-state index is 0.296. The number of hydrogen-bond donors (Lipinski definition) is 2. The number of nitrogens with one attached hydrogen (secondary N) is 1. The lowest BCUT2D eigenvalue weighted by Gasteiger charge is -2.23. The van der Waals surface area contributed by atoms with Crippen molar-refractivity contribution >= 4 is 11.6 Å². The number of aromatic nitrogens is 2. The fraction of sp³-hybridized carbons (Fsp3) is 0.733. The molecule has 1 aromatic rings. The molecule has 5 heteroatoms. The zero-order valence-electron chi connectivity index (χ0n) is 13.3. The molecule has 0 aliphatic carbocycles. The molecule has 0 radical (unpaired) electrons. The third-order valence-electron chi connectivity index (χ3n) is 4.26. The van der Waals surface area contributed by atoms with E-state index >= 15 is 0 Å². The van der Waals surface area contributed by atoms with Crippen LogP contribution in [0.4, 0.5) is 11.6 Å². The van der Waals surface area contributed by atoms with E-state index in [1.54, 1.807) is 0 Å². The fourth-order valence-electron chi connectivity index (χ4n) is 2.75. The van der Waals surface area contributed by atoms with Gasteiger partial charge in [0, 0.05) is 24.6 Å². The molecule has 2 rings (SSSR count). The van der Waals surface area contributed by atoms with E-state index in [9.17, 15) is 0 Å². The minimum Gasteiger partial charge on any atom is -0.356 e. The van der Waals surface area contributed by atoms with Crippen LogP contribution >= 0.6 is 0 Å². The van der Waals surface area contributed by atoms with Crippen LogP contribution in [0.3, 0.4) is 0 Å². The summed E-state index contributed by atoms with van der Waals surface area (Å²) in [6.45, 7) is 13.0. The van der Waals surface area contributed by atoms with E-state index in [2.05, 4.69) is 43.0 Å². The summed E-state index contributed by atoms with van der Waals surface area (Å²) in [4.78, 5) is 11.7. The van der Waals surface area contributed by atoms with Crippen molar-refractivity contribution in [1.29, 1.82) is 0 Å². The van der Waals surface area contributed by atoms with Crippen molar-refractivity contribution in [1.82, 2.24) is 9.97 Å². The highest BCUT2D eigenvalue weighted by Gasteiger charge is 2.28. The third-order valence-corrected chi connectivity index (χ3v) is 4.26. The van der Waals surface area contributed by atoms with Crippen LogP contribution in [0.15, 0.2) is 0 Å². The van der Waals surface area contributed by atoms with Crippen LogP contribution < -0.4 is 16.2 Å². The molecule has 2 heterocycles. The molecule has 1 aliphatic heterocycles. The Morgan fingerprint density at radius 3 is 2.45 bits per heavy atom. The van der Waals surface area contributed by atoms with Crippen LogP contribution in [-0.2, 0) is 0 Å². The minimum atomic E-state index is 0.296. The number of hydrazine groups is 1. The number of hydrogen-bond acceptors (Lipinski definition) is 5. The van der Waals surface area contributed by atoms with Gasteiger partial charge in [-0.2, -0.15) is 0 Å². The number of nitrogens with two attached hydrogens (primary N) is 1. The maximum atomic E-state index is 5.60. The lowest BCUT2D eigenvalue weighted by molar-refractivity contribution is 0.422. The number of anilines is 2. The summed E-state index contributed by atoms with van der Waals surface area (Å²) >= 11 is 0. The first kappa shape index (κ1) is 15.0. The Morgan fingerprint density at radius 1 is 1.25 bits per heavy atom. The molecule has 112 valence electrons. The van der Waals surface area contributed by atoms with Crippen molar-refractivity contribution in [2.45, 2.75) is 47.0 Å². The summed E-state index contributed by atoms with van der Waals surface area (Å²) < 4.78 is 0. The Balaban J connectivity index is 2.33. The van der Waals surface area contributed by atoms with Crippen molar-refractivity contribution in [2.24, 2.45) is 17.7 Å². The van der Waals surface area contributed by atoms with E-state index in [0.717, 1.165) is 47.9 Å². The second kappa shape index (κ2) is 5.95. The molecule has 1 fully saturated rings. The zero-order chi connectivity index (χ0) is 14.9. The van der Waals surface area contributed by atoms with Gasteiger partial charge in [0.15, 0.2) is 0 Å². The lowest BCUT2D eigenvalue weighted by Crippen LogP contribution is -2.25.